The van der Waals surface area contributed by atoms with E-state index >= 15 is 0 Å². The van der Waals surface area contributed by atoms with E-state index in [-0.39, 0.29) is 73.5 Å². The molecule has 0 aliphatic carbocycles. The van der Waals surface area contributed by atoms with Gasteiger partial charge in [-0.25, -0.2) is 4.98 Å². The number of aromatic carboxylic acids is 1. The molecule has 0 atom stereocenters. The maximum Gasteiger partial charge on any atom is 1.00 e. The van der Waals surface area contributed by atoms with Crippen molar-refractivity contribution in [3.63, 3.8) is 0 Å². The quantitative estimate of drug-likeness (QED) is 0.523. The Hall–Kier alpha value is -0.214. The average Bonchev–Trinajstić information content (AvgIpc) is 2.41. The molecule has 2 rings (SSSR count). The Bertz CT molecular complexity index is 666. The fraction of sp³-hybridized carbons (Fsp3) is 0.0714. The van der Waals surface area contributed by atoms with Crippen LogP contribution in [0.15, 0.2) is 47.6 Å². The monoisotopic (exact) mass is 345 g/mol. The molecular weight excluding hydrogens is 337 g/mol. The topological polar surface area (TPSA) is 70.1 Å². The molecule has 0 radical (unpaired) electrons. The van der Waals surface area contributed by atoms with Gasteiger partial charge in [-0.3, -0.25) is 4.79 Å². The number of benzene rings is 1. The minimum atomic E-state index is -1.36. The van der Waals surface area contributed by atoms with Gasteiger partial charge in [0.1, 0.15) is 5.03 Å². The van der Waals surface area contributed by atoms with E-state index in [1.807, 2.05) is 0 Å². The van der Waals surface area contributed by atoms with E-state index in [0.717, 1.165) is 11.8 Å². The molecule has 0 fully saturated rings. The number of thioether (sulfide) groups is 1. The number of carboxylic acid groups (broad SMARTS) is 1. The van der Waals surface area contributed by atoms with E-state index in [0.29, 0.717) is 10.6 Å². The van der Waals surface area contributed by atoms with Crippen LogP contribution in [-0.2, 0) is 11.2 Å². The van der Waals surface area contributed by atoms with Crippen molar-refractivity contribution in [3.05, 3.63) is 58.7 Å². The van der Waals surface area contributed by atoms with Crippen LogP contribution in [0.1, 0.15) is 15.9 Å². The Morgan fingerprint density at radius 2 is 1.90 bits per heavy atom. The molecule has 102 valence electrons. The van der Waals surface area contributed by atoms with Gasteiger partial charge in [0.15, 0.2) is 5.12 Å². The van der Waals surface area contributed by atoms with E-state index in [1.165, 1.54) is 18.3 Å². The summed E-state index contributed by atoms with van der Waals surface area (Å²) in [5.41, 5.74) is 0.600. The molecule has 1 aromatic heterocycles. The molecule has 0 spiro atoms. The molecular formula is C14H9ClKNO3S. The van der Waals surface area contributed by atoms with Gasteiger partial charge in [-0.1, -0.05) is 29.8 Å². The van der Waals surface area contributed by atoms with Crippen molar-refractivity contribution in [1.82, 2.24) is 4.98 Å². The normalized spacial score (nSPS) is 9.76. The van der Waals surface area contributed by atoms with Crippen LogP contribution in [0.3, 0.4) is 0 Å². The van der Waals surface area contributed by atoms with Gasteiger partial charge in [-0.2, -0.15) is 0 Å². The van der Waals surface area contributed by atoms with Gasteiger partial charge in [0.05, 0.1) is 5.97 Å². The number of pyridine rings is 1. The van der Waals surface area contributed by atoms with E-state index in [9.17, 15) is 14.7 Å². The molecule has 7 heteroatoms. The average molecular weight is 346 g/mol. The number of carbonyl (C=O) groups excluding carboxylic acids is 2. The summed E-state index contributed by atoms with van der Waals surface area (Å²) in [7, 11) is 0. The van der Waals surface area contributed by atoms with E-state index < -0.39 is 5.97 Å². The first-order valence-corrected chi connectivity index (χ1v) is 6.88. The number of carboxylic acids is 1. The van der Waals surface area contributed by atoms with Gasteiger partial charge >= 0.3 is 51.4 Å². The molecule has 0 saturated heterocycles. The summed E-state index contributed by atoms with van der Waals surface area (Å²) in [6, 6.07) is 9.84. The van der Waals surface area contributed by atoms with Crippen molar-refractivity contribution in [1.29, 1.82) is 0 Å². The molecule has 0 aliphatic heterocycles. The predicted octanol–water partition coefficient (Wildman–Crippen LogP) is -1.04. The molecule has 1 heterocycles. The second-order valence-corrected chi connectivity index (χ2v) is 5.34. The Balaban J connectivity index is 0.00000220. The molecule has 0 aliphatic rings. The molecule has 0 saturated carbocycles. The summed E-state index contributed by atoms with van der Waals surface area (Å²) in [6.07, 6.45) is 1.53. The molecule has 0 bridgehead atoms. The minimum absolute atomic E-state index is 0. The summed E-state index contributed by atoms with van der Waals surface area (Å²) in [6.45, 7) is 0. The van der Waals surface area contributed by atoms with Crippen molar-refractivity contribution in [2.45, 2.75) is 11.4 Å². The van der Waals surface area contributed by atoms with Crippen LogP contribution in [0, 0.1) is 0 Å². The number of aromatic nitrogens is 1. The summed E-state index contributed by atoms with van der Waals surface area (Å²) in [5.74, 6) is -1.36. The summed E-state index contributed by atoms with van der Waals surface area (Å²) >= 11 is 6.74. The summed E-state index contributed by atoms with van der Waals surface area (Å²) < 4.78 is 0. The number of hydrogen-bond acceptors (Lipinski definition) is 5. The van der Waals surface area contributed by atoms with Gasteiger partial charge in [0, 0.05) is 23.2 Å². The van der Waals surface area contributed by atoms with Crippen molar-refractivity contribution < 1.29 is 66.1 Å². The number of halogens is 1. The van der Waals surface area contributed by atoms with Gasteiger partial charge < -0.3 is 9.90 Å². The number of carbonyl (C=O) groups is 2. The Morgan fingerprint density at radius 1 is 1.19 bits per heavy atom. The Kier molecular flexibility index (Phi) is 8.11. The third-order valence-corrected chi connectivity index (χ3v) is 3.75. The summed E-state index contributed by atoms with van der Waals surface area (Å²) in [5, 5.41) is 11.3. The number of rotatable bonds is 4. The fourth-order valence-electron chi connectivity index (χ4n) is 1.57. The van der Waals surface area contributed by atoms with Crippen LogP contribution in [0.4, 0.5) is 0 Å². The van der Waals surface area contributed by atoms with Crippen LogP contribution >= 0.6 is 23.4 Å². The van der Waals surface area contributed by atoms with Crippen LogP contribution in [0.2, 0.25) is 5.02 Å². The molecule has 1 aromatic carbocycles. The van der Waals surface area contributed by atoms with Crippen molar-refractivity contribution in [3.8, 4) is 0 Å². The second kappa shape index (κ2) is 9.04. The zero-order valence-corrected chi connectivity index (χ0v) is 15.9. The largest absolute Gasteiger partial charge is 1.00 e. The van der Waals surface area contributed by atoms with Gasteiger partial charge in [0.25, 0.3) is 0 Å². The molecule has 0 amide bonds. The van der Waals surface area contributed by atoms with E-state index in [1.54, 1.807) is 24.3 Å². The molecule has 0 unspecified atom stereocenters. The number of hydrogen-bond donors (Lipinski definition) is 0. The van der Waals surface area contributed by atoms with E-state index in [4.69, 9.17) is 11.6 Å². The van der Waals surface area contributed by atoms with Crippen molar-refractivity contribution in [2.75, 3.05) is 0 Å². The predicted molar refractivity (Wildman–Crippen MR) is 74.6 cm³/mol. The summed E-state index contributed by atoms with van der Waals surface area (Å²) in [4.78, 5) is 26.8. The third kappa shape index (κ3) is 5.48. The first kappa shape index (κ1) is 18.8. The van der Waals surface area contributed by atoms with Gasteiger partial charge in [0.2, 0.25) is 0 Å². The zero-order valence-electron chi connectivity index (χ0n) is 11.2. The first-order chi connectivity index (χ1) is 9.58. The maximum atomic E-state index is 12.0. The van der Waals surface area contributed by atoms with Crippen molar-refractivity contribution in [2.24, 2.45) is 0 Å². The third-order valence-electron chi connectivity index (χ3n) is 2.49. The smallest absolute Gasteiger partial charge is 0.545 e. The SMILES string of the molecule is O=C(Cc1ccccc1Cl)Sc1ncccc1C(=O)[O-].[K+]. The standard InChI is InChI=1S/C14H10ClNO3S.K/c15-11-6-2-1-4-9(11)8-12(17)20-13-10(14(18)19)5-3-7-16-13;/h1-7H,8H2,(H,18,19);/q;+1/p-1. The van der Waals surface area contributed by atoms with Gasteiger partial charge in [-0.15, -0.1) is 0 Å². The maximum absolute atomic E-state index is 12.0. The second-order valence-electron chi connectivity index (χ2n) is 3.89. The van der Waals surface area contributed by atoms with Crippen molar-refractivity contribution >= 4 is 34.4 Å². The van der Waals surface area contributed by atoms with Crippen LogP contribution < -0.4 is 56.5 Å². The van der Waals surface area contributed by atoms with Gasteiger partial charge in [-0.05, 0) is 35.5 Å². The molecule has 2 aromatic rings. The minimum Gasteiger partial charge on any atom is -0.545 e. The molecule has 0 N–H and O–H groups in total. The first-order valence-electron chi connectivity index (χ1n) is 5.68. The fourth-order valence-corrected chi connectivity index (χ4v) is 2.59. The number of nitrogens with zero attached hydrogens (tertiary/aromatic N) is 1. The van der Waals surface area contributed by atoms with Crippen LogP contribution in [-0.4, -0.2) is 16.1 Å². The van der Waals surface area contributed by atoms with Crippen LogP contribution in [0.5, 0.6) is 0 Å². The van der Waals surface area contributed by atoms with E-state index in [2.05, 4.69) is 4.98 Å². The molecule has 4 nitrogen and oxygen atoms in total. The Labute approximate surface area is 173 Å². The Morgan fingerprint density at radius 3 is 2.57 bits per heavy atom. The zero-order chi connectivity index (χ0) is 14.5. The van der Waals surface area contributed by atoms with Crippen LogP contribution in [0.25, 0.3) is 0 Å². The molecule has 21 heavy (non-hydrogen) atoms.